The van der Waals surface area contributed by atoms with Crippen LogP contribution in [0.1, 0.15) is 78.9 Å². The largest absolute Gasteiger partial charge is 0.480 e. The highest BCUT2D eigenvalue weighted by Crippen LogP contribution is 2.39. The molecule has 3 rings (SSSR count). The Labute approximate surface area is 253 Å². The topological polar surface area (TPSA) is 76.1 Å². The number of nitrogens with one attached hydrogen (secondary N) is 2. The molecule has 212 valence electrons. The van der Waals surface area contributed by atoms with Crippen molar-refractivity contribution < 1.29 is 9.53 Å². The number of nitrogens with zero attached hydrogens (tertiary/aromatic N) is 1. The van der Waals surface area contributed by atoms with Crippen molar-refractivity contribution in [3.8, 4) is 11.4 Å². The maximum absolute atomic E-state index is 13.4. The molecule has 0 aliphatic heterocycles. The number of hydrogen-bond acceptors (Lipinski definition) is 3. The van der Waals surface area contributed by atoms with Crippen molar-refractivity contribution in [1.82, 2.24) is 9.78 Å². The molecule has 0 spiro atoms. The Hall–Kier alpha value is -1.93. The van der Waals surface area contributed by atoms with Gasteiger partial charge in [-0.25, -0.2) is 4.68 Å². The molecule has 0 aliphatic carbocycles. The van der Waals surface area contributed by atoms with E-state index in [1.54, 1.807) is 0 Å². The Kier molecular flexibility index (Phi) is 9.96. The van der Waals surface area contributed by atoms with Gasteiger partial charge in [0.1, 0.15) is 21.7 Å². The predicted molar refractivity (Wildman–Crippen MR) is 166 cm³/mol. The summed E-state index contributed by atoms with van der Waals surface area (Å²) in [6.07, 6.45) is 1.51. The number of benzene rings is 2. The van der Waals surface area contributed by atoms with Crippen molar-refractivity contribution in [1.29, 1.82) is 0 Å². The number of hydrogen-bond donors (Lipinski definition) is 2. The predicted octanol–water partition coefficient (Wildman–Crippen LogP) is 9.06. The first kappa shape index (κ1) is 31.6. The summed E-state index contributed by atoms with van der Waals surface area (Å²) in [5.74, 6) is 0.422. The van der Waals surface area contributed by atoms with Crippen LogP contribution in [-0.2, 0) is 15.6 Å². The van der Waals surface area contributed by atoms with Crippen LogP contribution in [0.2, 0.25) is 15.1 Å². The van der Waals surface area contributed by atoms with Crippen molar-refractivity contribution in [2.24, 2.45) is 0 Å². The van der Waals surface area contributed by atoms with Gasteiger partial charge in [-0.3, -0.25) is 14.7 Å². The van der Waals surface area contributed by atoms with E-state index in [0.717, 1.165) is 23.1 Å². The first-order valence-corrected chi connectivity index (χ1v) is 14.9. The zero-order valence-electron chi connectivity index (χ0n) is 23.3. The molecule has 1 aromatic heterocycles. The molecule has 0 bridgehead atoms. The van der Waals surface area contributed by atoms with Crippen molar-refractivity contribution in [3.63, 3.8) is 0 Å². The summed E-state index contributed by atoms with van der Waals surface area (Å²) in [6.45, 7) is 15.0. The van der Waals surface area contributed by atoms with Crippen molar-refractivity contribution in [2.75, 3.05) is 5.32 Å². The molecule has 2 aromatic carbocycles. The lowest BCUT2D eigenvalue weighted by atomic mass is 9.76. The highest BCUT2D eigenvalue weighted by molar-refractivity contribution is 9.10. The van der Waals surface area contributed by atoms with E-state index in [0.29, 0.717) is 17.2 Å². The van der Waals surface area contributed by atoms with Gasteiger partial charge in [-0.2, -0.15) is 0 Å². The number of amides is 1. The van der Waals surface area contributed by atoms with Gasteiger partial charge in [-0.15, -0.1) is 0 Å². The Bertz CT molecular complexity index is 1410. The second-order valence-electron chi connectivity index (χ2n) is 10.8. The maximum Gasteiger partial charge on any atom is 0.287 e. The third kappa shape index (κ3) is 6.70. The van der Waals surface area contributed by atoms with E-state index in [1.165, 1.54) is 17.7 Å². The number of aromatic amines is 1. The number of ether oxygens (including phenoxy) is 1. The molecular formula is C29H35BrCl3N3O3. The number of carbonyl (C=O) groups is 1. The third-order valence-corrected chi connectivity index (χ3v) is 9.01. The van der Waals surface area contributed by atoms with E-state index in [9.17, 15) is 9.59 Å². The molecule has 0 saturated heterocycles. The van der Waals surface area contributed by atoms with Crippen LogP contribution < -0.4 is 15.6 Å². The lowest BCUT2D eigenvalue weighted by Crippen LogP contribution is -2.33. The van der Waals surface area contributed by atoms with Crippen LogP contribution in [0.3, 0.4) is 0 Å². The smallest absolute Gasteiger partial charge is 0.287 e. The van der Waals surface area contributed by atoms with E-state index in [1.807, 2.05) is 13.0 Å². The van der Waals surface area contributed by atoms with Crippen LogP contribution >= 0.6 is 50.7 Å². The Balaban J connectivity index is 1.94. The lowest BCUT2D eigenvalue weighted by molar-refractivity contribution is -0.122. The third-order valence-electron chi connectivity index (χ3n) is 7.48. The first-order chi connectivity index (χ1) is 18.2. The van der Waals surface area contributed by atoms with Crippen LogP contribution in [0.15, 0.2) is 39.6 Å². The summed E-state index contributed by atoms with van der Waals surface area (Å²) in [6, 6.07) is 9.21. The highest BCUT2D eigenvalue weighted by atomic mass is 79.9. The van der Waals surface area contributed by atoms with Gasteiger partial charge in [0.15, 0.2) is 6.10 Å². The fraction of sp³-hybridized carbons (Fsp3) is 0.448. The number of anilines is 1. The summed E-state index contributed by atoms with van der Waals surface area (Å²) in [7, 11) is 0. The first-order valence-electron chi connectivity index (χ1n) is 12.9. The highest BCUT2D eigenvalue weighted by Gasteiger charge is 2.29. The quantitative estimate of drug-likeness (QED) is 0.228. The zero-order valence-corrected chi connectivity index (χ0v) is 27.1. The second-order valence-corrected chi connectivity index (χ2v) is 12.9. The summed E-state index contributed by atoms with van der Waals surface area (Å²) in [5, 5.41) is 6.34. The van der Waals surface area contributed by atoms with Gasteiger partial charge < -0.3 is 10.1 Å². The number of H-pyrrole nitrogens is 1. The molecule has 0 saturated carbocycles. The van der Waals surface area contributed by atoms with Gasteiger partial charge in [0, 0.05) is 10.6 Å². The molecule has 1 heterocycles. The minimum Gasteiger partial charge on any atom is -0.480 e. The maximum atomic E-state index is 13.4. The van der Waals surface area contributed by atoms with Gasteiger partial charge in [0.25, 0.3) is 11.5 Å². The molecule has 6 nitrogen and oxygen atoms in total. The average Bonchev–Trinajstić information content (AvgIpc) is 3.14. The van der Waals surface area contributed by atoms with Crippen LogP contribution in [0.5, 0.6) is 5.75 Å². The molecule has 1 unspecified atom stereocenters. The summed E-state index contributed by atoms with van der Waals surface area (Å²) in [4.78, 5) is 26.4. The van der Waals surface area contributed by atoms with Gasteiger partial charge >= 0.3 is 0 Å². The fourth-order valence-corrected chi connectivity index (χ4v) is 5.41. The van der Waals surface area contributed by atoms with Crippen molar-refractivity contribution in [3.05, 3.63) is 71.4 Å². The summed E-state index contributed by atoms with van der Waals surface area (Å²) in [5.41, 5.74) is 1.88. The fourth-order valence-electron chi connectivity index (χ4n) is 4.06. The number of carbonyl (C=O) groups excluding carboxylic acids is 1. The zero-order chi connectivity index (χ0) is 29.3. The summed E-state index contributed by atoms with van der Waals surface area (Å²) >= 11 is 21.9. The number of halogens is 4. The van der Waals surface area contributed by atoms with Crippen LogP contribution in [0, 0.1) is 0 Å². The van der Waals surface area contributed by atoms with Crippen LogP contribution in [0.4, 0.5) is 5.82 Å². The van der Waals surface area contributed by atoms with Gasteiger partial charge in [0.05, 0.1) is 10.0 Å². The van der Waals surface area contributed by atoms with Crippen molar-refractivity contribution >= 4 is 62.5 Å². The van der Waals surface area contributed by atoms with Gasteiger partial charge in [-0.05, 0) is 69.8 Å². The van der Waals surface area contributed by atoms with Crippen LogP contribution in [-0.4, -0.2) is 21.8 Å². The average molecular weight is 660 g/mol. The standard InChI is InChI=1S/C29H35BrCl3N3O3/c1-8-21(39-22-12-11-16(28(4,5)9-2)13-18(22)29(6,7)10-3)26(37)34-25-23(30)27(38)36(35-25)24-19(32)14-17(31)15-20(24)33/h11-15,21,35H,8-10H2,1-7H3,(H,34,37). The second kappa shape index (κ2) is 12.3. The van der Waals surface area contributed by atoms with E-state index in [4.69, 9.17) is 39.5 Å². The minimum atomic E-state index is -0.803. The summed E-state index contributed by atoms with van der Waals surface area (Å²) < 4.78 is 7.62. The van der Waals surface area contributed by atoms with E-state index >= 15 is 0 Å². The Morgan fingerprint density at radius 2 is 1.62 bits per heavy atom. The monoisotopic (exact) mass is 657 g/mol. The lowest BCUT2D eigenvalue weighted by Gasteiger charge is -2.31. The molecule has 1 amide bonds. The SMILES string of the molecule is CCC(Oc1ccc(C(C)(C)CC)cc1C(C)(C)CC)C(=O)Nc1[nH]n(-c2c(Cl)cc(Cl)cc2Cl)c(=O)c1Br. The van der Waals surface area contributed by atoms with Crippen molar-refractivity contribution in [2.45, 2.75) is 84.7 Å². The molecule has 39 heavy (non-hydrogen) atoms. The number of aromatic nitrogens is 2. The molecule has 0 radical (unpaired) electrons. The number of rotatable bonds is 10. The normalized spacial score (nSPS) is 12.9. The molecule has 0 aliphatic rings. The van der Waals surface area contributed by atoms with Gasteiger partial charge in [0.2, 0.25) is 0 Å². The Morgan fingerprint density at radius 1 is 1.03 bits per heavy atom. The minimum absolute atomic E-state index is 0.0137. The molecular weight excluding hydrogens is 625 g/mol. The van der Waals surface area contributed by atoms with E-state index in [2.05, 4.69) is 80.0 Å². The van der Waals surface area contributed by atoms with E-state index in [-0.39, 0.29) is 36.9 Å². The molecule has 0 fully saturated rings. The van der Waals surface area contributed by atoms with Crippen LogP contribution in [0.25, 0.3) is 5.69 Å². The molecule has 1 atom stereocenters. The van der Waals surface area contributed by atoms with E-state index < -0.39 is 17.6 Å². The van der Waals surface area contributed by atoms with Gasteiger partial charge in [-0.1, -0.05) is 95.4 Å². The Morgan fingerprint density at radius 3 is 2.15 bits per heavy atom. The molecule has 2 N–H and O–H groups in total. The molecule has 3 aromatic rings. The molecule has 10 heteroatoms.